The minimum absolute atomic E-state index is 0.154. The summed E-state index contributed by atoms with van der Waals surface area (Å²) < 4.78 is 4.84. The molecule has 2 atom stereocenters. The zero-order valence-corrected chi connectivity index (χ0v) is 18.9. The number of ether oxygens (including phenoxy) is 1. The fourth-order valence-corrected chi connectivity index (χ4v) is 4.87. The Morgan fingerprint density at radius 3 is 1.23 bits per heavy atom. The van der Waals surface area contributed by atoms with Crippen LogP contribution in [0.15, 0.2) is 24.3 Å². The first-order valence-corrected chi connectivity index (χ1v) is 10.5. The molecule has 0 bridgehead atoms. The highest BCUT2D eigenvalue weighted by Crippen LogP contribution is 2.33. The predicted octanol–water partition coefficient (Wildman–Crippen LogP) is 4.70. The zero-order chi connectivity index (χ0) is 23.0. The molecule has 1 heterocycles. The molecule has 2 aromatic carbocycles. The molecule has 1 fully saturated rings. The molecular formula is C26H28O5. The van der Waals surface area contributed by atoms with Crippen molar-refractivity contribution >= 4 is 23.5 Å². The van der Waals surface area contributed by atoms with Gasteiger partial charge in [-0.3, -0.25) is 19.2 Å². The Balaban J connectivity index is 1.86. The molecular weight excluding hydrogens is 392 g/mol. The van der Waals surface area contributed by atoms with Gasteiger partial charge < -0.3 is 4.74 Å². The molecule has 0 radical (unpaired) electrons. The molecule has 5 nitrogen and oxygen atoms in total. The smallest absolute Gasteiger partial charge is 0.317 e. The lowest BCUT2D eigenvalue weighted by Crippen LogP contribution is -2.25. The number of esters is 2. The number of cyclic esters (lactones) is 2. The maximum Gasteiger partial charge on any atom is 0.317 e. The second-order valence-corrected chi connectivity index (χ2v) is 8.76. The summed E-state index contributed by atoms with van der Waals surface area (Å²) >= 11 is 0. The summed E-state index contributed by atoms with van der Waals surface area (Å²) in [7, 11) is 0. The minimum atomic E-state index is -0.949. The molecule has 1 aliphatic rings. The predicted molar refractivity (Wildman–Crippen MR) is 117 cm³/mol. The first kappa shape index (κ1) is 22.6. The van der Waals surface area contributed by atoms with E-state index in [0.29, 0.717) is 11.1 Å². The first-order chi connectivity index (χ1) is 14.5. The third-order valence-corrected chi connectivity index (χ3v) is 6.01. The van der Waals surface area contributed by atoms with Crippen molar-refractivity contribution in [2.45, 2.75) is 54.4 Å². The molecule has 0 N–H and O–H groups in total. The Hall–Kier alpha value is -3.08. The van der Waals surface area contributed by atoms with E-state index in [2.05, 4.69) is 0 Å². The highest BCUT2D eigenvalue weighted by Gasteiger charge is 2.46. The largest absolute Gasteiger partial charge is 0.393 e. The van der Waals surface area contributed by atoms with E-state index in [1.807, 2.05) is 65.8 Å². The van der Waals surface area contributed by atoms with Gasteiger partial charge >= 0.3 is 11.9 Å². The maximum atomic E-state index is 13.0. The number of aryl methyl sites for hydroxylation is 6. The number of hydrogen-bond donors (Lipinski definition) is 0. The van der Waals surface area contributed by atoms with Crippen LogP contribution < -0.4 is 0 Å². The van der Waals surface area contributed by atoms with Crippen LogP contribution in [-0.4, -0.2) is 23.5 Å². The van der Waals surface area contributed by atoms with Crippen LogP contribution in [0.5, 0.6) is 0 Å². The molecule has 162 valence electrons. The van der Waals surface area contributed by atoms with Gasteiger partial charge in [0.15, 0.2) is 11.6 Å². The Bertz CT molecular complexity index is 975. The number of hydrogen-bond acceptors (Lipinski definition) is 5. The quantitative estimate of drug-likeness (QED) is 0.385. The van der Waals surface area contributed by atoms with Crippen LogP contribution in [0, 0.1) is 53.4 Å². The van der Waals surface area contributed by atoms with E-state index < -0.39 is 23.8 Å². The van der Waals surface area contributed by atoms with Crippen LogP contribution in [0.3, 0.4) is 0 Å². The fourth-order valence-electron chi connectivity index (χ4n) is 4.87. The number of carbonyl (C=O) groups is 4. The standard InChI is InChI=1S/C26H28O5/c1-13-7-15(3)23(16(4)8-13)21(27)11-19-20(26(30)31-25(19)29)12-22(28)24-17(5)9-14(2)10-18(24)6/h7-10,19-20H,11-12H2,1-6H3. The molecule has 31 heavy (non-hydrogen) atoms. The van der Waals surface area contributed by atoms with E-state index >= 15 is 0 Å². The fraction of sp³-hybridized carbons (Fsp3) is 0.385. The summed E-state index contributed by atoms with van der Waals surface area (Å²) in [5.41, 5.74) is 6.56. The van der Waals surface area contributed by atoms with Gasteiger partial charge in [-0.05, 0) is 63.8 Å². The van der Waals surface area contributed by atoms with Gasteiger partial charge in [0.2, 0.25) is 0 Å². The Kier molecular flexibility index (Phi) is 6.25. The maximum absolute atomic E-state index is 13.0. The van der Waals surface area contributed by atoms with E-state index in [1.54, 1.807) is 0 Å². The van der Waals surface area contributed by atoms with Crippen LogP contribution >= 0.6 is 0 Å². The van der Waals surface area contributed by atoms with Crippen LogP contribution in [-0.2, 0) is 14.3 Å². The van der Waals surface area contributed by atoms with Gasteiger partial charge in [0.05, 0.1) is 11.8 Å². The van der Waals surface area contributed by atoms with Crippen molar-refractivity contribution in [3.8, 4) is 0 Å². The molecule has 0 aliphatic carbocycles. The lowest BCUT2D eigenvalue weighted by Gasteiger charge is -2.16. The first-order valence-electron chi connectivity index (χ1n) is 10.5. The van der Waals surface area contributed by atoms with Crippen molar-refractivity contribution in [3.63, 3.8) is 0 Å². The van der Waals surface area contributed by atoms with Gasteiger partial charge in [-0.2, -0.15) is 0 Å². The van der Waals surface area contributed by atoms with Crippen molar-refractivity contribution in [3.05, 3.63) is 68.8 Å². The van der Waals surface area contributed by atoms with Crippen LogP contribution in [0.25, 0.3) is 0 Å². The minimum Gasteiger partial charge on any atom is -0.393 e. The molecule has 2 unspecified atom stereocenters. The second-order valence-electron chi connectivity index (χ2n) is 8.76. The molecule has 0 aromatic heterocycles. The summed E-state index contributed by atoms with van der Waals surface area (Å²) in [5, 5.41) is 0. The van der Waals surface area contributed by atoms with Crippen molar-refractivity contribution < 1.29 is 23.9 Å². The van der Waals surface area contributed by atoms with Crippen LogP contribution in [0.1, 0.15) is 66.9 Å². The third-order valence-electron chi connectivity index (χ3n) is 6.01. The van der Waals surface area contributed by atoms with E-state index in [0.717, 1.165) is 33.4 Å². The van der Waals surface area contributed by atoms with Crippen molar-refractivity contribution in [2.75, 3.05) is 0 Å². The summed E-state index contributed by atoms with van der Waals surface area (Å²) in [6.45, 7) is 11.3. The third kappa shape index (κ3) is 4.50. The van der Waals surface area contributed by atoms with Gasteiger partial charge in [0, 0.05) is 24.0 Å². The lowest BCUT2D eigenvalue weighted by atomic mass is 9.82. The van der Waals surface area contributed by atoms with Crippen molar-refractivity contribution in [1.29, 1.82) is 0 Å². The van der Waals surface area contributed by atoms with E-state index in [4.69, 9.17) is 4.74 Å². The molecule has 0 amide bonds. The average Bonchev–Trinajstić information content (AvgIpc) is 2.86. The van der Waals surface area contributed by atoms with Gasteiger partial charge in [-0.1, -0.05) is 35.4 Å². The zero-order valence-electron chi connectivity index (χ0n) is 18.9. The molecule has 1 saturated heterocycles. The van der Waals surface area contributed by atoms with Gasteiger partial charge in [-0.25, -0.2) is 0 Å². The van der Waals surface area contributed by atoms with E-state index in [9.17, 15) is 19.2 Å². The molecule has 0 spiro atoms. The molecule has 5 heteroatoms. The van der Waals surface area contributed by atoms with E-state index in [1.165, 1.54) is 0 Å². The summed E-state index contributed by atoms with van der Waals surface area (Å²) in [5.74, 6) is -3.78. The number of carbonyl (C=O) groups excluding carboxylic acids is 4. The molecule has 3 rings (SSSR count). The average molecular weight is 421 g/mol. The molecule has 1 aliphatic heterocycles. The topological polar surface area (TPSA) is 77.5 Å². The van der Waals surface area contributed by atoms with Gasteiger partial charge in [-0.15, -0.1) is 0 Å². The summed E-state index contributed by atoms with van der Waals surface area (Å²) in [6, 6.07) is 7.68. The number of rotatable bonds is 6. The van der Waals surface area contributed by atoms with Gasteiger partial charge in [0.1, 0.15) is 0 Å². The number of ketones is 2. The van der Waals surface area contributed by atoms with Gasteiger partial charge in [0.25, 0.3) is 0 Å². The second kappa shape index (κ2) is 8.58. The molecule has 0 saturated carbocycles. The normalized spacial score (nSPS) is 18.3. The SMILES string of the molecule is Cc1cc(C)c(C(=O)CC2C(=O)OC(=O)C2CC(=O)c2c(C)cc(C)cc2C)c(C)c1. The van der Waals surface area contributed by atoms with E-state index in [-0.39, 0.29) is 24.4 Å². The highest BCUT2D eigenvalue weighted by atomic mass is 16.6. The Labute approximate surface area is 182 Å². The summed E-state index contributed by atoms with van der Waals surface area (Å²) in [6.07, 6.45) is -0.307. The Morgan fingerprint density at radius 1 is 0.645 bits per heavy atom. The number of benzene rings is 2. The monoisotopic (exact) mass is 420 g/mol. The van der Waals surface area contributed by atoms with Crippen LogP contribution in [0.4, 0.5) is 0 Å². The highest BCUT2D eigenvalue weighted by molar-refractivity contribution is 6.07. The molecule has 2 aromatic rings. The Morgan fingerprint density at radius 2 is 0.935 bits per heavy atom. The summed E-state index contributed by atoms with van der Waals surface area (Å²) in [4.78, 5) is 50.8. The number of Topliss-reactive ketones (excluding diaryl/α,β-unsaturated/α-hetero) is 2. The van der Waals surface area contributed by atoms with Crippen molar-refractivity contribution in [2.24, 2.45) is 11.8 Å². The van der Waals surface area contributed by atoms with Crippen molar-refractivity contribution in [1.82, 2.24) is 0 Å². The van der Waals surface area contributed by atoms with Crippen LogP contribution in [0.2, 0.25) is 0 Å². The lowest BCUT2D eigenvalue weighted by molar-refractivity contribution is -0.153.